The first-order chi connectivity index (χ1) is 8.40. The van der Waals surface area contributed by atoms with Gasteiger partial charge in [0.1, 0.15) is 11.3 Å². The number of rotatable bonds is 3. The first kappa shape index (κ1) is 11.0. The predicted octanol–water partition coefficient (Wildman–Crippen LogP) is 1.64. The molecule has 1 aliphatic heterocycles. The molecule has 1 unspecified atom stereocenters. The van der Waals surface area contributed by atoms with E-state index in [-0.39, 0.29) is 6.61 Å². The molecular weight excluding hydrogens is 234 g/mol. The lowest BCUT2D eigenvalue weighted by atomic mass is 10.2. The first-order valence-electron chi connectivity index (χ1n) is 5.90. The van der Waals surface area contributed by atoms with Crippen LogP contribution in [0.15, 0.2) is 18.3 Å². The van der Waals surface area contributed by atoms with Crippen molar-refractivity contribution in [1.82, 2.24) is 14.5 Å². The minimum absolute atomic E-state index is 0.142. The van der Waals surface area contributed by atoms with Gasteiger partial charge >= 0.3 is 0 Å². The quantitative estimate of drug-likeness (QED) is 0.898. The molecule has 5 heteroatoms. The number of fused-ring (bicyclic) bond motifs is 1. The Morgan fingerprint density at radius 1 is 1.53 bits per heavy atom. The molecule has 90 valence electrons. The standard InChI is InChI=1S/C12H15N3OS/c16-6-3-11-14-10-2-1-5-13-12(10)15(11)9-4-7-17-8-9/h1-2,5,9,16H,3-4,6-8H2. The number of hydrogen-bond donors (Lipinski definition) is 1. The number of aliphatic hydroxyl groups excluding tert-OH is 1. The molecule has 0 bridgehead atoms. The SMILES string of the molecule is OCCc1nc2cccnc2n1C1CCSC1. The molecule has 1 saturated heterocycles. The van der Waals surface area contributed by atoms with Crippen molar-refractivity contribution in [3.8, 4) is 0 Å². The molecule has 3 rings (SSSR count). The summed E-state index contributed by atoms with van der Waals surface area (Å²) in [6.45, 7) is 0.142. The number of imidazole rings is 1. The summed E-state index contributed by atoms with van der Waals surface area (Å²) in [4.78, 5) is 9.02. The van der Waals surface area contributed by atoms with E-state index in [2.05, 4.69) is 14.5 Å². The zero-order chi connectivity index (χ0) is 11.7. The van der Waals surface area contributed by atoms with Gasteiger partial charge in [-0.05, 0) is 24.3 Å². The molecule has 1 fully saturated rings. The second-order valence-corrected chi connectivity index (χ2v) is 5.39. The van der Waals surface area contributed by atoms with Crippen molar-refractivity contribution in [2.45, 2.75) is 18.9 Å². The first-order valence-corrected chi connectivity index (χ1v) is 7.06. The molecule has 0 spiro atoms. The molecule has 2 aromatic heterocycles. The minimum Gasteiger partial charge on any atom is -0.396 e. The molecule has 1 N–H and O–H groups in total. The molecule has 1 aliphatic rings. The van der Waals surface area contributed by atoms with Crippen molar-refractivity contribution in [3.05, 3.63) is 24.2 Å². The third kappa shape index (κ3) is 1.93. The van der Waals surface area contributed by atoms with Gasteiger partial charge in [0.05, 0.1) is 6.61 Å². The van der Waals surface area contributed by atoms with E-state index in [1.54, 1.807) is 0 Å². The number of nitrogens with zero attached hydrogens (tertiary/aromatic N) is 3. The van der Waals surface area contributed by atoms with Crippen LogP contribution < -0.4 is 0 Å². The molecular formula is C12H15N3OS. The fourth-order valence-electron chi connectivity index (χ4n) is 2.36. The van der Waals surface area contributed by atoms with Crippen LogP contribution in [0.3, 0.4) is 0 Å². The molecule has 0 saturated carbocycles. The maximum Gasteiger partial charge on any atom is 0.160 e. The molecule has 2 aromatic rings. The van der Waals surface area contributed by atoms with Gasteiger partial charge in [-0.25, -0.2) is 9.97 Å². The van der Waals surface area contributed by atoms with Gasteiger partial charge in [0.25, 0.3) is 0 Å². The largest absolute Gasteiger partial charge is 0.396 e. The highest BCUT2D eigenvalue weighted by Crippen LogP contribution is 2.31. The summed E-state index contributed by atoms with van der Waals surface area (Å²) in [6.07, 6.45) is 3.59. The van der Waals surface area contributed by atoms with Crippen LogP contribution in [0.2, 0.25) is 0 Å². The highest BCUT2D eigenvalue weighted by Gasteiger charge is 2.23. The number of pyridine rings is 1. The average Bonchev–Trinajstić information content (AvgIpc) is 2.94. The molecule has 3 heterocycles. The van der Waals surface area contributed by atoms with Crippen molar-refractivity contribution in [1.29, 1.82) is 0 Å². The summed E-state index contributed by atoms with van der Waals surface area (Å²) in [5.74, 6) is 3.30. The van der Waals surface area contributed by atoms with Crippen LogP contribution in [-0.4, -0.2) is 37.8 Å². The lowest BCUT2D eigenvalue weighted by Crippen LogP contribution is -2.13. The number of aromatic nitrogens is 3. The summed E-state index contributed by atoms with van der Waals surface area (Å²) in [6, 6.07) is 4.38. The third-order valence-corrected chi connectivity index (χ3v) is 4.27. The second kappa shape index (κ2) is 4.66. The van der Waals surface area contributed by atoms with Crippen LogP contribution in [0, 0.1) is 0 Å². The minimum atomic E-state index is 0.142. The van der Waals surface area contributed by atoms with Gasteiger partial charge in [0.15, 0.2) is 5.65 Å². The van der Waals surface area contributed by atoms with E-state index in [1.165, 1.54) is 12.2 Å². The fraction of sp³-hybridized carbons (Fsp3) is 0.500. The van der Waals surface area contributed by atoms with E-state index in [0.717, 1.165) is 22.7 Å². The number of hydrogen-bond acceptors (Lipinski definition) is 4. The molecule has 1 atom stereocenters. The zero-order valence-corrected chi connectivity index (χ0v) is 10.4. The molecule has 0 amide bonds. The highest BCUT2D eigenvalue weighted by atomic mass is 32.2. The van der Waals surface area contributed by atoms with E-state index in [1.807, 2.05) is 30.1 Å². The van der Waals surface area contributed by atoms with Gasteiger partial charge in [0, 0.05) is 24.4 Å². The predicted molar refractivity (Wildman–Crippen MR) is 69.3 cm³/mol. The van der Waals surface area contributed by atoms with Crippen molar-refractivity contribution in [3.63, 3.8) is 0 Å². The summed E-state index contributed by atoms with van der Waals surface area (Å²) >= 11 is 1.98. The Labute approximate surface area is 104 Å². The Balaban J connectivity index is 2.13. The lowest BCUT2D eigenvalue weighted by Gasteiger charge is -2.14. The normalized spacial score (nSPS) is 20.2. The van der Waals surface area contributed by atoms with Crippen LogP contribution in [0.5, 0.6) is 0 Å². The van der Waals surface area contributed by atoms with E-state index < -0.39 is 0 Å². The Kier molecular flexibility index (Phi) is 3.03. The van der Waals surface area contributed by atoms with E-state index >= 15 is 0 Å². The maximum atomic E-state index is 9.13. The Morgan fingerprint density at radius 2 is 2.47 bits per heavy atom. The Hall–Kier alpha value is -1.07. The van der Waals surface area contributed by atoms with Crippen LogP contribution >= 0.6 is 11.8 Å². The summed E-state index contributed by atoms with van der Waals surface area (Å²) < 4.78 is 2.23. The van der Waals surface area contributed by atoms with Crippen LogP contribution in [0.1, 0.15) is 18.3 Å². The summed E-state index contributed by atoms with van der Waals surface area (Å²) in [5.41, 5.74) is 1.90. The molecule has 0 aromatic carbocycles. The Bertz CT molecular complexity index is 519. The van der Waals surface area contributed by atoms with Gasteiger partial charge in [0.2, 0.25) is 0 Å². The molecule has 0 aliphatic carbocycles. The number of aliphatic hydroxyl groups is 1. The smallest absolute Gasteiger partial charge is 0.160 e. The summed E-state index contributed by atoms with van der Waals surface area (Å²) in [7, 11) is 0. The van der Waals surface area contributed by atoms with E-state index in [9.17, 15) is 0 Å². The van der Waals surface area contributed by atoms with Crippen molar-refractivity contribution < 1.29 is 5.11 Å². The zero-order valence-electron chi connectivity index (χ0n) is 9.54. The second-order valence-electron chi connectivity index (χ2n) is 4.24. The maximum absolute atomic E-state index is 9.13. The Morgan fingerprint density at radius 3 is 3.24 bits per heavy atom. The van der Waals surface area contributed by atoms with E-state index in [4.69, 9.17) is 5.11 Å². The molecule has 4 nitrogen and oxygen atoms in total. The topological polar surface area (TPSA) is 50.9 Å². The van der Waals surface area contributed by atoms with Gasteiger partial charge in [-0.15, -0.1) is 0 Å². The van der Waals surface area contributed by atoms with Gasteiger partial charge < -0.3 is 9.67 Å². The number of thioether (sulfide) groups is 1. The van der Waals surface area contributed by atoms with Crippen molar-refractivity contribution >= 4 is 22.9 Å². The van der Waals surface area contributed by atoms with E-state index in [0.29, 0.717) is 12.5 Å². The van der Waals surface area contributed by atoms with Gasteiger partial charge in [-0.3, -0.25) is 0 Å². The monoisotopic (exact) mass is 249 g/mol. The highest BCUT2D eigenvalue weighted by molar-refractivity contribution is 7.99. The third-order valence-electron chi connectivity index (χ3n) is 3.13. The summed E-state index contributed by atoms with van der Waals surface area (Å²) in [5, 5.41) is 9.13. The molecule has 0 radical (unpaired) electrons. The fourth-order valence-corrected chi connectivity index (χ4v) is 3.56. The van der Waals surface area contributed by atoms with Crippen LogP contribution in [-0.2, 0) is 6.42 Å². The van der Waals surface area contributed by atoms with Gasteiger partial charge in [-0.2, -0.15) is 11.8 Å². The van der Waals surface area contributed by atoms with Crippen molar-refractivity contribution in [2.75, 3.05) is 18.1 Å². The van der Waals surface area contributed by atoms with Crippen molar-refractivity contribution in [2.24, 2.45) is 0 Å². The van der Waals surface area contributed by atoms with Crippen LogP contribution in [0.4, 0.5) is 0 Å². The van der Waals surface area contributed by atoms with Gasteiger partial charge in [-0.1, -0.05) is 0 Å². The van der Waals surface area contributed by atoms with Crippen LogP contribution in [0.25, 0.3) is 11.2 Å². The lowest BCUT2D eigenvalue weighted by molar-refractivity contribution is 0.293. The average molecular weight is 249 g/mol. The molecule has 17 heavy (non-hydrogen) atoms.